The average molecular weight is 332 g/mol. The summed E-state index contributed by atoms with van der Waals surface area (Å²) in [5, 5.41) is 1.95. The van der Waals surface area contributed by atoms with Crippen molar-refractivity contribution in [3.8, 4) is 22.3 Å². The summed E-state index contributed by atoms with van der Waals surface area (Å²) in [6.45, 7) is 0. The van der Waals surface area contributed by atoms with Crippen molar-refractivity contribution >= 4 is 22.3 Å². The molecule has 26 heavy (non-hydrogen) atoms. The van der Waals surface area contributed by atoms with Gasteiger partial charge in [-0.3, -0.25) is 9.59 Å². The largest absolute Gasteiger partial charge is 0.289 e. The van der Waals surface area contributed by atoms with Crippen LogP contribution in [0.1, 0.15) is 31.8 Å². The maximum absolute atomic E-state index is 13.2. The molecule has 0 saturated heterocycles. The minimum atomic E-state index is -0.0665. The van der Waals surface area contributed by atoms with Gasteiger partial charge in [0, 0.05) is 22.3 Å². The number of fused-ring (bicyclic) bond motifs is 6. The lowest BCUT2D eigenvalue weighted by atomic mass is 9.80. The molecule has 2 nitrogen and oxygen atoms in total. The molecule has 0 aliphatic heterocycles. The Hall–Kier alpha value is -3.52. The van der Waals surface area contributed by atoms with Gasteiger partial charge in [0.05, 0.1) is 0 Å². The molecule has 2 aliphatic carbocycles. The van der Waals surface area contributed by atoms with E-state index in [2.05, 4.69) is 18.2 Å². The average Bonchev–Trinajstić information content (AvgIpc) is 3.02. The molecular formula is C24H12O2. The van der Waals surface area contributed by atoms with Crippen molar-refractivity contribution in [1.82, 2.24) is 0 Å². The van der Waals surface area contributed by atoms with Crippen LogP contribution in [0.15, 0.2) is 72.8 Å². The van der Waals surface area contributed by atoms with E-state index < -0.39 is 0 Å². The molecular weight excluding hydrogens is 320 g/mol. The molecule has 0 amide bonds. The second-order valence-corrected chi connectivity index (χ2v) is 6.82. The van der Waals surface area contributed by atoms with E-state index in [4.69, 9.17) is 0 Å². The maximum Gasteiger partial charge on any atom is 0.195 e. The van der Waals surface area contributed by atoms with Crippen LogP contribution in [0.3, 0.4) is 0 Å². The van der Waals surface area contributed by atoms with Crippen LogP contribution in [0.5, 0.6) is 0 Å². The van der Waals surface area contributed by atoms with Gasteiger partial charge < -0.3 is 0 Å². The maximum atomic E-state index is 13.2. The van der Waals surface area contributed by atoms with E-state index in [1.165, 1.54) is 0 Å². The molecule has 120 valence electrons. The molecule has 0 aromatic heterocycles. The van der Waals surface area contributed by atoms with Gasteiger partial charge in [-0.2, -0.15) is 0 Å². The van der Waals surface area contributed by atoms with Crippen LogP contribution in [0.4, 0.5) is 0 Å². The number of carbonyl (C=O) groups is 2. The van der Waals surface area contributed by atoms with Crippen LogP contribution in [-0.4, -0.2) is 11.6 Å². The Morgan fingerprint density at radius 3 is 1.77 bits per heavy atom. The van der Waals surface area contributed by atoms with Crippen LogP contribution >= 0.6 is 0 Å². The zero-order valence-electron chi connectivity index (χ0n) is 13.7. The smallest absolute Gasteiger partial charge is 0.195 e. The number of hydrogen-bond acceptors (Lipinski definition) is 2. The van der Waals surface area contributed by atoms with E-state index in [1.54, 1.807) is 12.1 Å². The highest BCUT2D eigenvalue weighted by molar-refractivity contribution is 6.34. The van der Waals surface area contributed by atoms with Crippen molar-refractivity contribution in [3.63, 3.8) is 0 Å². The Kier molecular flexibility index (Phi) is 2.41. The SMILES string of the molecule is O=C1c2ccccc2C(=O)c2c1cc1c3c(cccc23)-c2ccccc2-1. The van der Waals surface area contributed by atoms with E-state index in [0.29, 0.717) is 22.3 Å². The molecule has 0 bridgehead atoms. The Bertz CT molecular complexity index is 1310. The van der Waals surface area contributed by atoms with Crippen molar-refractivity contribution < 1.29 is 9.59 Å². The summed E-state index contributed by atoms with van der Waals surface area (Å²) < 4.78 is 0. The summed E-state index contributed by atoms with van der Waals surface area (Å²) in [6.07, 6.45) is 0. The highest BCUT2D eigenvalue weighted by Crippen LogP contribution is 2.49. The van der Waals surface area contributed by atoms with E-state index >= 15 is 0 Å². The molecule has 2 heteroatoms. The molecule has 0 unspecified atom stereocenters. The lowest BCUT2D eigenvalue weighted by molar-refractivity contribution is 0.0980. The first-order chi connectivity index (χ1) is 12.8. The first-order valence-corrected chi connectivity index (χ1v) is 8.63. The summed E-state index contributed by atoms with van der Waals surface area (Å²) >= 11 is 0. The molecule has 4 aromatic rings. The molecule has 0 heterocycles. The molecule has 0 atom stereocenters. The van der Waals surface area contributed by atoms with E-state index in [0.717, 1.165) is 33.0 Å². The Morgan fingerprint density at radius 1 is 0.462 bits per heavy atom. The predicted molar refractivity (Wildman–Crippen MR) is 102 cm³/mol. The van der Waals surface area contributed by atoms with Crippen LogP contribution in [0.25, 0.3) is 33.0 Å². The summed E-state index contributed by atoms with van der Waals surface area (Å²) in [6, 6.07) is 23.3. The van der Waals surface area contributed by atoms with Gasteiger partial charge in [-0.1, -0.05) is 66.7 Å². The fourth-order valence-corrected chi connectivity index (χ4v) is 4.46. The standard InChI is InChI=1S/C24H12O2/c25-23-16-8-3-4-9-17(16)24(26)22-18-11-5-10-15-13-6-1-2-7-14(13)19(21(15)18)12-20(22)23/h1-12H. The number of hydrogen-bond donors (Lipinski definition) is 0. The lowest BCUT2D eigenvalue weighted by Gasteiger charge is -2.20. The third kappa shape index (κ3) is 1.48. The third-order valence-electron chi connectivity index (χ3n) is 5.56. The summed E-state index contributed by atoms with van der Waals surface area (Å²) in [5.41, 5.74) is 6.53. The lowest BCUT2D eigenvalue weighted by Crippen LogP contribution is -2.21. The minimum absolute atomic E-state index is 0.0603. The van der Waals surface area contributed by atoms with E-state index in [-0.39, 0.29) is 11.6 Å². The van der Waals surface area contributed by atoms with Gasteiger partial charge in [0.1, 0.15) is 0 Å². The van der Waals surface area contributed by atoms with Crippen LogP contribution < -0.4 is 0 Å². The van der Waals surface area contributed by atoms with Crippen LogP contribution in [0, 0.1) is 0 Å². The molecule has 0 spiro atoms. The Morgan fingerprint density at radius 2 is 1.04 bits per heavy atom. The summed E-state index contributed by atoms with van der Waals surface area (Å²) in [7, 11) is 0. The van der Waals surface area contributed by atoms with Gasteiger partial charge in [0.15, 0.2) is 11.6 Å². The van der Waals surface area contributed by atoms with Crippen LogP contribution in [-0.2, 0) is 0 Å². The number of ketones is 2. The number of carbonyl (C=O) groups excluding carboxylic acids is 2. The quantitative estimate of drug-likeness (QED) is 0.380. The molecule has 6 rings (SSSR count). The van der Waals surface area contributed by atoms with E-state index in [1.807, 2.05) is 42.5 Å². The first kappa shape index (κ1) is 13.7. The van der Waals surface area contributed by atoms with E-state index in [9.17, 15) is 9.59 Å². The Balaban J connectivity index is 1.81. The van der Waals surface area contributed by atoms with Crippen molar-refractivity contribution in [2.75, 3.05) is 0 Å². The highest BCUT2D eigenvalue weighted by Gasteiger charge is 2.34. The molecule has 0 fully saturated rings. The zero-order chi connectivity index (χ0) is 17.4. The molecule has 0 radical (unpaired) electrons. The number of rotatable bonds is 0. The molecule has 4 aromatic carbocycles. The minimum Gasteiger partial charge on any atom is -0.289 e. The van der Waals surface area contributed by atoms with Crippen LogP contribution in [0.2, 0.25) is 0 Å². The van der Waals surface area contributed by atoms with Crippen molar-refractivity contribution in [3.05, 3.63) is 95.1 Å². The fraction of sp³-hybridized carbons (Fsp3) is 0. The normalized spacial score (nSPS) is 13.5. The topological polar surface area (TPSA) is 34.1 Å². The summed E-state index contributed by atoms with van der Waals surface area (Å²) in [5.74, 6) is -0.127. The molecule has 0 N–H and O–H groups in total. The monoisotopic (exact) mass is 332 g/mol. The second kappa shape index (κ2) is 4.55. The van der Waals surface area contributed by atoms with Gasteiger partial charge in [0.2, 0.25) is 0 Å². The number of benzene rings is 4. The molecule has 2 aliphatic rings. The van der Waals surface area contributed by atoms with Gasteiger partial charge >= 0.3 is 0 Å². The first-order valence-electron chi connectivity index (χ1n) is 8.63. The van der Waals surface area contributed by atoms with Gasteiger partial charge in [0.25, 0.3) is 0 Å². The van der Waals surface area contributed by atoms with Gasteiger partial charge in [-0.15, -0.1) is 0 Å². The second-order valence-electron chi connectivity index (χ2n) is 6.82. The highest BCUT2D eigenvalue weighted by atomic mass is 16.1. The zero-order valence-corrected chi connectivity index (χ0v) is 13.7. The molecule has 0 saturated carbocycles. The predicted octanol–water partition coefficient (Wildman–Crippen LogP) is 5.26. The van der Waals surface area contributed by atoms with Gasteiger partial charge in [-0.25, -0.2) is 0 Å². The third-order valence-corrected chi connectivity index (χ3v) is 5.56. The Labute approximate surface area is 149 Å². The fourth-order valence-electron chi connectivity index (χ4n) is 4.46. The van der Waals surface area contributed by atoms with Crippen molar-refractivity contribution in [1.29, 1.82) is 0 Å². The van der Waals surface area contributed by atoms with Gasteiger partial charge in [-0.05, 0) is 39.1 Å². The van der Waals surface area contributed by atoms with Crippen molar-refractivity contribution in [2.24, 2.45) is 0 Å². The summed E-state index contributed by atoms with van der Waals surface area (Å²) in [4.78, 5) is 26.4. The van der Waals surface area contributed by atoms with Crippen molar-refractivity contribution in [2.45, 2.75) is 0 Å².